The third-order valence-electron chi connectivity index (χ3n) is 2.46. The molecule has 0 spiro atoms. The maximum absolute atomic E-state index is 9.06. The fraction of sp³-hybridized carbons (Fsp3) is 0.462. The summed E-state index contributed by atoms with van der Waals surface area (Å²) in [5, 5.41) is 17.7. The van der Waals surface area contributed by atoms with Gasteiger partial charge in [-0.3, -0.25) is 0 Å². The minimum atomic E-state index is 0.176. The molecule has 0 bridgehead atoms. The Morgan fingerprint density at radius 3 is 2.62 bits per heavy atom. The predicted octanol–water partition coefficient (Wildman–Crippen LogP) is 2.04. The summed E-state index contributed by atoms with van der Waals surface area (Å²) in [6, 6.07) is 12.2. The van der Waals surface area contributed by atoms with Crippen molar-refractivity contribution >= 4 is 5.69 Å². The molecule has 1 aromatic rings. The quantitative estimate of drug-likeness (QED) is 0.794. The second kappa shape index (κ2) is 6.86. The van der Waals surface area contributed by atoms with Gasteiger partial charge >= 0.3 is 0 Å². The van der Waals surface area contributed by atoms with Gasteiger partial charge in [-0.25, -0.2) is 0 Å². The lowest BCUT2D eigenvalue weighted by Crippen LogP contribution is -2.30. The van der Waals surface area contributed by atoms with Crippen LogP contribution in [0, 0.1) is 17.2 Å². The molecule has 0 saturated carbocycles. The van der Waals surface area contributed by atoms with Crippen LogP contribution in [0.2, 0.25) is 0 Å². The fourth-order valence-corrected chi connectivity index (χ4v) is 1.58. The normalized spacial score (nSPS) is 11.8. The molecule has 3 nitrogen and oxygen atoms in total. The molecule has 1 N–H and O–H groups in total. The Hall–Kier alpha value is -1.53. The van der Waals surface area contributed by atoms with E-state index < -0.39 is 0 Å². The van der Waals surface area contributed by atoms with Crippen molar-refractivity contribution in [2.75, 3.05) is 24.6 Å². The van der Waals surface area contributed by atoms with Gasteiger partial charge in [0.2, 0.25) is 0 Å². The summed E-state index contributed by atoms with van der Waals surface area (Å²) in [5.74, 6) is 0.221. The lowest BCUT2D eigenvalue weighted by atomic mass is 10.1. The van der Waals surface area contributed by atoms with E-state index in [1.807, 2.05) is 37.3 Å². The molecule has 0 fully saturated rings. The van der Waals surface area contributed by atoms with E-state index in [1.165, 1.54) is 0 Å². The van der Waals surface area contributed by atoms with E-state index in [0.29, 0.717) is 13.0 Å². The maximum atomic E-state index is 9.06. The van der Waals surface area contributed by atoms with E-state index in [4.69, 9.17) is 10.4 Å². The van der Waals surface area contributed by atoms with Gasteiger partial charge in [0.1, 0.15) is 0 Å². The first kappa shape index (κ1) is 12.5. The minimum Gasteiger partial charge on any atom is -0.396 e. The molecule has 0 amide bonds. The second-order valence-electron chi connectivity index (χ2n) is 3.98. The Kier molecular flexibility index (Phi) is 5.38. The highest BCUT2D eigenvalue weighted by Gasteiger charge is 2.09. The lowest BCUT2D eigenvalue weighted by Gasteiger charge is -2.26. The summed E-state index contributed by atoms with van der Waals surface area (Å²) in [6.45, 7) is 3.67. The van der Waals surface area contributed by atoms with E-state index >= 15 is 0 Å². The van der Waals surface area contributed by atoms with Gasteiger partial charge in [-0.2, -0.15) is 5.26 Å². The number of para-hydroxylation sites is 1. The average Bonchev–Trinajstić information content (AvgIpc) is 2.35. The van der Waals surface area contributed by atoms with Crippen molar-refractivity contribution in [2.45, 2.75) is 13.3 Å². The molecular formula is C13H18N2O. The van der Waals surface area contributed by atoms with Gasteiger partial charge in [-0.1, -0.05) is 25.1 Å². The number of aliphatic hydroxyl groups excluding tert-OH is 1. The van der Waals surface area contributed by atoms with Gasteiger partial charge in [0.25, 0.3) is 0 Å². The fourth-order valence-electron chi connectivity index (χ4n) is 1.58. The molecule has 0 heterocycles. The number of hydrogen-bond donors (Lipinski definition) is 1. The molecule has 0 radical (unpaired) electrons. The molecule has 0 aromatic heterocycles. The Morgan fingerprint density at radius 1 is 1.38 bits per heavy atom. The maximum Gasteiger partial charge on any atom is 0.0640 e. The summed E-state index contributed by atoms with van der Waals surface area (Å²) in [4.78, 5) is 2.14. The molecule has 1 unspecified atom stereocenters. The van der Waals surface area contributed by atoms with Crippen LogP contribution in [0.25, 0.3) is 0 Å². The Balaban J connectivity index is 2.68. The Labute approximate surface area is 96.9 Å². The molecule has 0 aliphatic rings. The highest BCUT2D eigenvalue weighted by molar-refractivity contribution is 5.46. The number of rotatable bonds is 6. The van der Waals surface area contributed by atoms with Gasteiger partial charge in [-0.15, -0.1) is 0 Å². The molecule has 1 aromatic carbocycles. The first-order valence-electron chi connectivity index (χ1n) is 5.55. The molecule has 1 rings (SSSR count). The topological polar surface area (TPSA) is 47.3 Å². The van der Waals surface area contributed by atoms with Crippen molar-refractivity contribution in [3.05, 3.63) is 30.3 Å². The monoisotopic (exact) mass is 218 g/mol. The lowest BCUT2D eigenvalue weighted by molar-refractivity contribution is 0.239. The van der Waals surface area contributed by atoms with Crippen LogP contribution in [0.5, 0.6) is 0 Å². The molecule has 3 heteroatoms. The van der Waals surface area contributed by atoms with Crippen LogP contribution in [-0.2, 0) is 0 Å². The van der Waals surface area contributed by atoms with E-state index in [1.54, 1.807) is 0 Å². The van der Waals surface area contributed by atoms with Crippen molar-refractivity contribution in [1.82, 2.24) is 0 Å². The van der Waals surface area contributed by atoms with Crippen LogP contribution < -0.4 is 4.90 Å². The summed E-state index contributed by atoms with van der Waals surface area (Å²) in [5.41, 5.74) is 1.11. The van der Waals surface area contributed by atoms with Gasteiger partial charge in [0.15, 0.2) is 0 Å². The summed E-state index contributed by atoms with van der Waals surface area (Å²) in [6.07, 6.45) is 0.507. The van der Waals surface area contributed by atoms with Crippen LogP contribution in [-0.4, -0.2) is 24.8 Å². The number of nitrogens with zero attached hydrogens (tertiary/aromatic N) is 2. The zero-order valence-electron chi connectivity index (χ0n) is 9.63. The van der Waals surface area contributed by atoms with Crippen LogP contribution in [0.1, 0.15) is 13.3 Å². The smallest absolute Gasteiger partial charge is 0.0640 e. The third-order valence-corrected chi connectivity index (χ3v) is 2.46. The first-order valence-corrected chi connectivity index (χ1v) is 5.55. The standard InChI is InChI=1S/C13H18N2O/c1-12(11-16)10-15(9-5-8-14)13-6-3-2-4-7-13/h2-4,6-7,12,16H,5,9-11H2,1H3. The van der Waals surface area contributed by atoms with Gasteiger partial charge in [0.05, 0.1) is 12.5 Å². The molecular weight excluding hydrogens is 200 g/mol. The Morgan fingerprint density at radius 2 is 2.06 bits per heavy atom. The average molecular weight is 218 g/mol. The summed E-state index contributed by atoms with van der Waals surface area (Å²) in [7, 11) is 0. The highest BCUT2D eigenvalue weighted by atomic mass is 16.3. The SMILES string of the molecule is CC(CO)CN(CCC#N)c1ccccc1. The van der Waals surface area contributed by atoms with Crippen LogP contribution in [0.4, 0.5) is 5.69 Å². The second-order valence-corrected chi connectivity index (χ2v) is 3.98. The van der Waals surface area contributed by atoms with Gasteiger partial charge < -0.3 is 10.0 Å². The van der Waals surface area contributed by atoms with Crippen molar-refractivity contribution in [3.63, 3.8) is 0 Å². The van der Waals surface area contributed by atoms with E-state index in [0.717, 1.165) is 12.2 Å². The van der Waals surface area contributed by atoms with E-state index in [-0.39, 0.29) is 12.5 Å². The van der Waals surface area contributed by atoms with Crippen molar-refractivity contribution in [3.8, 4) is 6.07 Å². The molecule has 0 aliphatic carbocycles. The van der Waals surface area contributed by atoms with Crippen LogP contribution in [0.3, 0.4) is 0 Å². The zero-order chi connectivity index (χ0) is 11.8. The minimum absolute atomic E-state index is 0.176. The third kappa shape index (κ3) is 3.92. The number of benzene rings is 1. The molecule has 86 valence electrons. The predicted molar refractivity (Wildman–Crippen MR) is 65.1 cm³/mol. The number of aliphatic hydroxyl groups is 1. The number of hydrogen-bond acceptors (Lipinski definition) is 3. The van der Waals surface area contributed by atoms with E-state index in [2.05, 4.69) is 11.0 Å². The summed E-state index contributed by atoms with van der Waals surface area (Å²) >= 11 is 0. The molecule has 16 heavy (non-hydrogen) atoms. The number of nitriles is 1. The number of anilines is 1. The van der Waals surface area contributed by atoms with Crippen molar-refractivity contribution < 1.29 is 5.11 Å². The zero-order valence-corrected chi connectivity index (χ0v) is 9.63. The van der Waals surface area contributed by atoms with E-state index in [9.17, 15) is 0 Å². The molecule has 1 atom stereocenters. The van der Waals surface area contributed by atoms with Gasteiger partial charge in [0, 0.05) is 25.4 Å². The van der Waals surface area contributed by atoms with Crippen molar-refractivity contribution in [1.29, 1.82) is 5.26 Å². The highest BCUT2D eigenvalue weighted by Crippen LogP contribution is 2.15. The van der Waals surface area contributed by atoms with Crippen LogP contribution in [0.15, 0.2) is 30.3 Å². The molecule has 0 saturated heterocycles. The first-order chi connectivity index (χ1) is 7.77. The van der Waals surface area contributed by atoms with Gasteiger partial charge in [-0.05, 0) is 18.1 Å². The Bertz CT molecular complexity index is 332. The molecule has 0 aliphatic heterocycles. The largest absolute Gasteiger partial charge is 0.396 e. The summed E-state index contributed by atoms with van der Waals surface area (Å²) < 4.78 is 0. The van der Waals surface area contributed by atoms with Crippen LogP contribution >= 0.6 is 0 Å². The van der Waals surface area contributed by atoms with Crippen molar-refractivity contribution in [2.24, 2.45) is 5.92 Å².